The van der Waals surface area contributed by atoms with E-state index in [0.717, 1.165) is 17.7 Å². The smallest absolute Gasteiger partial charge is 0.345 e. The minimum absolute atomic E-state index is 0.152. The molecule has 2 aromatic rings. The molecule has 2 rings (SSSR count). The third-order valence-electron chi connectivity index (χ3n) is 3.34. The van der Waals surface area contributed by atoms with Gasteiger partial charge in [0.15, 0.2) is 6.10 Å². The van der Waals surface area contributed by atoms with Crippen LogP contribution in [0, 0.1) is 10.1 Å². The molecule has 0 saturated carbocycles. The molecule has 0 spiro atoms. The Labute approximate surface area is 148 Å². The van der Waals surface area contributed by atoms with Crippen molar-refractivity contribution in [2.45, 2.75) is 19.6 Å². The molecule has 1 amide bonds. The van der Waals surface area contributed by atoms with E-state index in [-0.39, 0.29) is 17.1 Å². The molecule has 0 aliphatic heterocycles. The van der Waals surface area contributed by atoms with Gasteiger partial charge in [0, 0.05) is 17.6 Å². The van der Waals surface area contributed by atoms with Gasteiger partial charge in [-0.15, -0.1) is 0 Å². The van der Waals surface area contributed by atoms with E-state index in [9.17, 15) is 19.7 Å². The van der Waals surface area contributed by atoms with Crippen molar-refractivity contribution in [3.8, 4) is 0 Å². The van der Waals surface area contributed by atoms with Gasteiger partial charge in [0.05, 0.1) is 4.92 Å². The maximum absolute atomic E-state index is 12.1. The van der Waals surface area contributed by atoms with Gasteiger partial charge in [-0.2, -0.15) is 0 Å². The third kappa shape index (κ3) is 5.02. The molecule has 0 aliphatic rings. The molecular weight excluding hydrogens is 348 g/mol. The summed E-state index contributed by atoms with van der Waals surface area (Å²) in [5, 5.41) is 13.8. The van der Waals surface area contributed by atoms with Gasteiger partial charge >= 0.3 is 5.97 Å². The summed E-state index contributed by atoms with van der Waals surface area (Å²) >= 11 is 5.77. The Kier molecular flexibility index (Phi) is 6.08. The molecule has 0 unspecified atom stereocenters. The second-order valence-corrected chi connectivity index (χ2v) is 5.61. The highest BCUT2D eigenvalue weighted by molar-refractivity contribution is 6.31. The fourth-order valence-corrected chi connectivity index (χ4v) is 2.21. The predicted octanol–water partition coefficient (Wildman–Crippen LogP) is 3.11. The van der Waals surface area contributed by atoms with Crippen molar-refractivity contribution in [1.82, 2.24) is 5.32 Å². The highest BCUT2D eigenvalue weighted by atomic mass is 35.5. The fourth-order valence-electron chi connectivity index (χ4n) is 2.04. The van der Waals surface area contributed by atoms with Crippen LogP contribution in [0.4, 0.5) is 5.69 Å². The van der Waals surface area contributed by atoms with E-state index in [2.05, 4.69) is 5.32 Å². The van der Waals surface area contributed by atoms with Gasteiger partial charge in [0.25, 0.3) is 11.6 Å². The number of nitro benzene ring substituents is 1. The van der Waals surface area contributed by atoms with Gasteiger partial charge in [-0.1, -0.05) is 41.9 Å². The van der Waals surface area contributed by atoms with Gasteiger partial charge in [-0.3, -0.25) is 14.9 Å². The topological polar surface area (TPSA) is 98.5 Å². The predicted molar refractivity (Wildman–Crippen MR) is 91.3 cm³/mol. The Hall–Kier alpha value is -2.93. The number of esters is 1. The molecule has 1 atom stereocenters. The lowest BCUT2D eigenvalue weighted by Gasteiger charge is -2.13. The number of carbonyl (C=O) groups excluding carboxylic acids is 2. The van der Waals surface area contributed by atoms with Crippen molar-refractivity contribution in [3.63, 3.8) is 0 Å². The van der Waals surface area contributed by atoms with E-state index >= 15 is 0 Å². The normalized spacial score (nSPS) is 11.4. The highest BCUT2D eigenvalue weighted by Crippen LogP contribution is 2.23. The van der Waals surface area contributed by atoms with Gasteiger partial charge in [-0.25, -0.2) is 4.79 Å². The van der Waals surface area contributed by atoms with Crippen molar-refractivity contribution in [3.05, 3.63) is 74.8 Å². The fraction of sp³-hybridized carbons (Fsp3) is 0.176. The molecule has 1 N–H and O–H groups in total. The van der Waals surface area contributed by atoms with E-state index in [1.165, 1.54) is 13.0 Å². The molecule has 0 saturated heterocycles. The molecule has 0 bridgehead atoms. The Bertz CT molecular complexity index is 795. The van der Waals surface area contributed by atoms with Crippen LogP contribution in [-0.4, -0.2) is 22.9 Å². The average molecular weight is 363 g/mol. The van der Waals surface area contributed by atoms with Crippen molar-refractivity contribution in [2.75, 3.05) is 0 Å². The first-order chi connectivity index (χ1) is 11.9. The minimum Gasteiger partial charge on any atom is -0.449 e. The largest absolute Gasteiger partial charge is 0.449 e. The van der Waals surface area contributed by atoms with E-state index in [0.29, 0.717) is 0 Å². The molecule has 0 aromatic heterocycles. The zero-order chi connectivity index (χ0) is 18.4. The number of carbonyl (C=O) groups is 2. The Morgan fingerprint density at radius 2 is 1.92 bits per heavy atom. The number of amides is 1. The SMILES string of the molecule is C[C@H](OC(=O)c1cc(Cl)ccc1[N+](=O)[O-])C(=O)NCc1ccccc1. The number of benzene rings is 2. The number of hydrogen-bond acceptors (Lipinski definition) is 5. The van der Waals surface area contributed by atoms with Crippen LogP contribution in [0.15, 0.2) is 48.5 Å². The molecule has 0 radical (unpaired) electrons. The molecule has 0 aliphatic carbocycles. The van der Waals surface area contributed by atoms with Crippen LogP contribution >= 0.6 is 11.6 Å². The monoisotopic (exact) mass is 362 g/mol. The lowest BCUT2D eigenvalue weighted by Crippen LogP contribution is -2.35. The number of ether oxygens (including phenoxy) is 1. The number of nitro groups is 1. The first-order valence-corrected chi connectivity index (χ1v) is 7.73. The maximum atomic E-state index is 12.1. The van der Waals surface area contributed by atoms with Crippen molar-refractivity contribution in [2.24, 2.45) is 0 Å². The number of nitrogens with one attached hydrogen (secondary N) is 1. The zero-order valence-electron chi connectivity index (χ0n) is 13.3. The lowest BCUT2D eigenvalue weighted by molar-refractivity contribution is -0.385. The molecule has 0 heterocycles. The Morgan fingerprint density at radius 3 is 2.56 bits per heavy atom. The Morgan fingerprint density at radius 1 is 1.24 bits per heavy atom. The summed E-state index contributed by atoms with van der Waals surface area (Å²) in [5.41, 5.74) is 0.145. The van der Waals surface area contributed by atoms with Crippen LogP contribution in [0.25, 0.3) is 0 Å². The number of halogens is 1. The summed E-state index contributed by atoms with van der Waals surface area (Å²) in [6.45, 7) is 1.66. The average Bonchev–Trinajstić information content (AvgIpc) is 2.60. The van der Waals surface area contributed by atoms with E-state index < -0.39 is 28.6 Å². The summed E-state index contributed by atoms with van der Waals surface area (Å²) in [6, 6.07) is 12.8. The molecule has 25 heavy (non-hydrogen) atoms. The molecule has 2 aromatic carbocycles. The Balaban J connectivity index is 2.01. The van der Waals surface area contributed by atoms with Crippen LogP contribution in [0.3, 0.4) is 0 Å². The van der Waals surface area contributed by atoms with Crippen LogP contribution < -0.4 is 5.32 Å². The highest BCUT2D eigenvalue weighted by Gasteiger charge is 2.25. The first-order valence-electron chi connectivity index (χ1n) is 7.35. The second kappa shape index (κ2) is 8.25. The van der Waals surface area contributed by atoms with Crippen LogP contribution in [0.5, 0.6) is 0 Å². The molecule has 130 valence electrons. The van der Waals surface area contributed by atoms with Crippen LogP contribution in [0.2, 0.25) is 5.02 Å². The third-order valence-corrected chi connectivity index (χ3v) is 3.57. The lowest BCUT2D eigenvalue weighted by atomic mass is 10.2. The number of nitrogens with zero attached hydrogens (tertiary/aromatic N) is 1. The first kappa shape index (κ1) is 18.4. The summed E-state index contributed by atoms with van der Waals surface area (Å²) in [7, 11) is 0. The van der Waals surface area contributed by atoms with E-state index in [4.69, 9.17) is 16.3 Å². The maximum Gasteiger partial charge on any atom is 0.345 e. The molecular formula is C17H15ClN2O5. The summed E-state index contributed by atoms with van der Waals surface area (Å²) in [5.74, 6) is -1.50. The number of rotatable bonds is 6. The van der Waals surface area contributed by atoms with Crippen LogP contribution in [0.1, 0.15) is 22.8 Å². The molecule has 7 nitrogen and oxygen atoms in total. The molecule has 0 fully saturated rings. The number of hydrogen-bond donors (Lipinski definition) is 1. The van der Waals surface area contributed by atoms with E-state index in [1.807, 2.05) is 30.3 Å². The van der Waals surface area contributed by atoms with Crippen molar-refractivity contribution < 1.29 is 19.2 Å². The minimum atomic E-state index is -1.12. The van der Waals surface area contributed by atoms with Gasteiger partial charge < -0.3 is 10.1 Å². The quantitative estimate of drug-likeness (QED) is 0.483. The van der Waals surface area contributed by atoms with Crippen LogP contribution in [-0.2, 0) is 16.1 Å². The van der Waals surface area contributed by atoms with Crippen molar-refractivity contribution >= 4 is 29.2 Å². The van der Waals surface area contributed by atoms with Crippen molar-refractivity contribution in [1.29, 1.82) is 0 Å². The zero-order valence-corrected chi connectivity index (χ0v) is 14.0. The summed E-state index contributed by atoms with van der Waals surface area (Å²) in [4.78, 5) is 34.4. The van der Waals surface area contributed by atoms with Gasteiger partial charge in [0.2, 0.25) is 0 Å². The standard InChI is InChI=1S/C17H15ClN2O5/c1-11(16(21)19-10-12-5-3-2-4-6-12)25-17(22)14-9-13(18)7-8-15(14)20(23)24/h2-9,11H,10H2,1H3,(H,19,21)/t11-/m0/s1. The summed E-state index contributed by atoms with van der Waals surface area (Å²) in [6.07, 6.45) is -1.12. The van der Waals surface area contributed by atoms with Gasteiger partial charge in [-0.05, 0) is 24.6 Å². The molecule has 8 heteroatoms. The summed E-state index contributed by atoms with van der Waals surface area (Å²) < 4.78 is 5.02. The van der Waals surface area contributed by atoms with Gasteiger partial charge in [0.1, 0.15) is 5.56 Å². The van der Waals surface area contributed by atoms with E-state index in [1.54, 1.807) is 0 Å². The second-order valence-electron chi connectivity index (χ2n) is 5.17.